The second kappa shape index (κ2) is 10.1. The van der Waals surface area contributed by atoms with Crippen LogP contribution < -0.4 is 5.32 Å². The van der Waals surface area contributed by atoms with Gasteiger partial charge in [0.05, 0.1) is 11.9 Å². The number of para-hydroxylation sites is 1. The summed E-state index contributed by atoms with van der Waals surface area (Å²) in [5, 5.41) is 16.1. The van der Waals surface area contributed by atoms with Crippen molar-refractivity contribution < 1.29 is 19.4 Å². The first-order chi connectivity index (χ1) is 14.1. The number of nitrogens with zero attached hydrogens (tertiary/aromatic N) is 2. The van der Waals surface area contributed by atoms with E-state index in [1.807, 2.05) is 66.9 Å². The Labute approximate surface area is 168 Å². The minimum atomic E-state index is -0.908. The van der Waals surface area contributed by atoms with Gasteiger partial charge in [-0.15, -0.1) is 0 Å². The Kier molecular flexibility index (Phi) is 7.00. The molecule has 0 aliphatic carbocycles. The molecule has 1 unspecified atom stereocenters. The average Bonchev–Trinajstić information content (AvgIpc) is 3.20. The van der Waals surface area contributed by atoms with E-state index in [4.69, 9.17) is 9.84 Å². The van der Waals surface area contributed by atoms with Crippen molar-refractivity contribution in [1.29, 1.82) is 0 Å². The highest BCUT2D eigenvalue weighted by molar-refractivity contribution is 5.68. The summed E-state index contributed by atoms with van der Waals surface area (Å²) in [4.78, 5) is 23.2. The number of hydrogen-bond acceptors (Lipinski definition) is 4. The van der Waals surface area contributed by atoms with Crippen molar-refractivity contribution in [3.05, 3.63) is 84.2 Å². The van der Waals surface area contributed by atoms with Crippen molar-refractivity contribution in [1.82, 2.24) is 15.1 Å². The number of alkyl carbamates (subject to hydrolysis) is 1. The molecule has 0 aliphatic rings. The third-order valence-corrected chi connectivity index (χ3v) is 4.38. The number of ether oxygens (including phenoxy) is 1. The first-order valence-corrected chi connectivity index (χ1v) is 9.38. The maximum Gasteiger partial charge on any atom is 0.407 e. The molecule has 0 fully saturated rings. The topological polar surface area (TPSA) is 93.5 Å². The molecular formula is C22H23N3O4. The predicted octanol–water partition coefficient (Wildman–Crippen LogP) is 3.57. The van der Waals surface area contributed by atoms with Crippen LogP contribution in [0.2, 0.25) is 0 Å². The molecule has 7 nitrogen and oxygen atoms in total. The van der Waals surface area contributed by atoms with Crippen molar-refractivity contribution in [2.24, 2.45) is 0 Å². The summed E-state index contributed by atoms with van der Waals surface area (Å²) in [6.45, 7) is 0.157. The molecule has 0 radical (unpaired) electrons. The Hall–Kier alpha value is -3.61. The molecule has 1 amide bonds. The number of nitrogens with one attached hydrogen (secondary N) is 1. The average molecular weight is 393 g/mol. The van der Waals surface area contributed by atoms with Crippen LogP contribution in [-0.4, -0.2) is 33.0 Å². The molecule has 3 aromatic rings. The van der Waals surface area contributed by atoms with E-state index in [1.54, 1.807) is 10.9 Å². The van der Waals surface area contributed by atoms with Crippen LogP contribution in [0.3, 0.4) is 0 Å². The summed E-state index contributed by atoms with van der Waals surface area (Å²) in [5.41, 5.74) is 2.71. The summed E-state index contributed by atoms with van der Waals surface area (Å²) in [7, 11) is 0. The molecule has 3 rings (SSSR count). The van der Waals surface area contributed by atoms with Gasteiger partial charge in [0.2, 0.25) is 0 Å². The van der Waals surface area contributed by atoms with Crippen molar-refractivity contribution in [2.45, 2.75) is 31.9 Å². The number of benzene rings is 2. The van der Waals surface area contributed by atoms with Gasteiger partial charge in [0, 0.05) is 18.7 Å². The van der Waals surface area contributed by atoms with Gasteiger partial charge in [-0.2, -0.15) is 5.10 Å². The Morgan fingerprint density at radius 1 is 1.03 bits per heavy atom. The van der Waals surface area contributed by atoms with Crippen LogP contribution in [0.4, 0.5) is 4.79 Å². The lowest BCUT2D eigenvalue weighted by atomic mass is 10.0. The van der Waals surface area contributed by atoms with Crippen molar-refractivity contribution >= 4 is 12.1 Å². The number of carbonyl (C=O) groups excluding carboxylic acids is 1. The number of carboxylic acid groups (broad SMARTS) is 1. The molecule has 1 heterocycles. The first-order valence-electron chi connectivity index (χ1n) is 9.38. The third kappa shape index (κ3) is 6.49. The van der Waals surface area contributed by atoms with E-state index in [-0.39, 0.29) is 19.1 Å². The monoisotopic (exact) mass is 393 g/mol. The number of rotatable bonds is 9. The largest absolute Gasteiger partial charge is 0.481 e. The number of amides is 1. The van der Waals surface area contributed by atoms with Crippen LogP contribution in [0.25, 0.3) is 5.69 Å². The normalized spacial score (nSPS) is 11.6. The molecule has 1 atom stereocenters. The molecule has 7 heteroatoms. The number of aromatic nitrogens is 2. The molecule has 2 aromatic carbocycles. The fraction of sp³-hybridized carbons (Fsp3) is 0.227. The number of aliphatic carboxylic acids is 1. The fourth-order valence-electron chi connectivity index (χ4n) is 2.93. The standard InChI is InChI=1S/C22H23N3O4/c26-21(27)12-11-19(24-22(28)29-16-17-7-3-1-4-8-17)13-18-14-23-25(15-18)20-9-5-2-6-10-20/h1-10,14-15,19H,11-13,16H2,(H,24,28)(H,26,27). The van der Waals surface area contributed by atoms with Crippen LogP contribution in [0.1, 0.15) is 24.0 Å². The smallest absolute Gasteiger partial charge is 0.407 e. The van der Waals surface area contributed by atoms with Crippen LogP contribution in [0, 0.1) is 0 Å². The van der Waals surface area contributed by atoms with E-state index in [9.17, 15) is 9.59 Å². The summed E-state index contributed by atoms with van der Waals surface area (Å²) in [5.74, 6) is -0.908. The van der Waals surface area contributed by atoms with Gasteiger partial charge in [0.1, 0.15) is 6.61 Å². The highest BCUT2D eigenvalue weighted by Gasteiger charge is 2.17. The Balaban J connectivity index is 1.60. The Morgan fingerprint density at radius 3 is 2.41 bits per heavy atom. The zero-order chi connectivity index (χ0) is 20.5. The van der Waals surface area contributed by atoms with Crippen LogP contribution in [-0.2, 0) is 22.6 Å². The van der Waals surface area contributed by atoms with Crippen LogP contribution >= 0.6 is 0 Å². The van der Waals surface area contributed by atoms with Crippen molar-refractivity contribution in [3.63, 3.8) is 0 Å². The summed E-state index contributed by atoms with van der Waals surface area (Å²) >= 11 is 0. The lowest BCUT2D eigenvalue weighted by molar-refractivity contribution is -0.137. The van der Waals surface area contributed by atoms with E-state index in [0.29, 0.717) is 12.8 Å². The molecule has 0 aliphatic heterocycles. The number of carboxylic acids is 1. The molecule has 0 saturated carbocycles. The van der Waals surface area contributed by atoms with Gasteiger partial charge in [-0.05, 0) is 36.1 Å². The van der Waals surface area contributed by atoms with E-state index in [0.717, 1.165) is 16.8 Å². The molecule has 29 heavy (non-hydrogen) atoms. The predicted molar refractivity (Wildman–Crippen MR) is 108 cm³/mol. The number of carbonyl (C=O) groups is 2. The lowest BCUT2D eigenvalue weighted by Gasteiger charge is -2.17. The quantitative estimate of drug-likeness (QED) is 0.580. The molecule has 0 spiro atoms. The van der Waals surface area contributed by atoms with Crippen molar-refractivity contribution in [2.75, 3.05) is 0 Å². The van der Waals surface area contributed by atoms with E-state index >= 15 is 0 Å². The SMILES string of the molecule is O=C(O)CCC(Cc1cnn(-c2ccccc2)c1)NC(=O)OCc1ccccc1. The number of hydrogen-bond donors (Lipinski definition) is 2. The second-order valence-electron chi connectivity index (χ2n) is 6.67. The summed E-state index contributed by atoms with van der Waals surface area (Å²) < 4.78 is 7.01. The summed E-state index contributed by atoms with van der Waals surface area (Å²) in [6.07, 6.45) is 3.74. The summed E-state index contributed by atoms with van der Waals surface area (Å²) in [6, 6.07) is 18.7. The minimum absolute atomic E-state index is 0.0452. The maximum absolute atomic E-state index is 12.2. The van der Waals surface area contributed by atoms with Gasteiger partial charge in [-0.3, -0.25) is 4.79 Å². The van der Waals surface area contributed by atoms with Gasteiger partial charge >= 0.3 is 12.1 Å². The molecule has 1 aromatic heterocycles. The fourth-order valence-corrected chi connectivity index (χ4v) is 2.93. The third-order valence-electron chi connectivity index (χ3n) is 4.38. The van der Waals surface area contributed by atoms with Gasteiger partial charge < -0.3 is 15.2 Å². The molecule has 150 valence electrons. The Bertz CT molecular complexity index is 926. The Morgan fingerprint density at radius 2 is 1.72 bits per heavy atom. The van der Waals surface area contributed by atoms with Gasteiger partial charge in [-0.25, -0.2) is 9.48 Å². The van der Waals surface area contributed by atoms with Crippen molar-refractivity contribution in [3.8, 4) is 5.69 Å². The van der Waals surface area contributed by atoms with Gasteiger partial charge in [-0.1, -0.05) is 48.5 Å². The zero-order valence-electron chi connectivity index (χ0n) is 15.9. The highest BCUT2D eigenvalue weighted by Crippen LogP contribution is 2.12. The maximum atomic E-state index is 12.2. The van der Waals surface area contributed by atoms with E-state index < -0.39 is 12.1 Å². The lowest BCUT2D eigenvalue weighted by Crippen LogP contribution is -2.37. The second-order valence-corrected chi connectivity index (χ2v) is 6.67. The van der Waals surface area contributed by atoms with Crippen LogP contribution in [0.5, 0.6) is 0 Å². The van der Waals surface area contributed by atoms with Crippen LogP contribution in [0.15, 0.2) is 73.1 Å². The highest BCUT2D eigenvalue weighted by atomic mass is 16.5. The van der Waals surface area contributed by atoms with Gasteiger partial charge in [0.25, 0.3) is 0 Å². The molecular weight excluding hydrogens is 370 g/mol. The van der Waals surface area contributed by atoms with Gasteiger partial charge in [0.15, 0.2) is 0 Å². The molecule has 0 saturated heterocycles. The van der Waals surface area contributed by atoms with E-state index in [2.05, 4.69) is 10.4 Å². The minimum Gasteiger partial charge on any atom is -0.481 e. The molecule has 0 bridgehead atoms. The molecule has 2 N–H and O–H groups in total. The first kappa shape index (κ1) is 20.1. The van der Waals surface area contributed by atoms with E-state index in [1.165, 1.54) is 0 Å². The zero-order valence-corrected chi connectivity index (χ0v) is 15.9.